The van der Waals surface area contributed by atoms with E-state index in [0.29, 0.717) is 16.8 Å². The number of carbonyl (C=O) groups is 2. The predicted octanol–water partition coefficient (Wildman–Crippen LogP) is 5.56. The van der Waals surface area contributed by atoms with Crippen LogP contribution in [0.2, 0.25) is 0 Å². The van der Waals surface area contributed by atoms with Gasteiger partial charge in [0.25, 0.3) is 5.91 Å². The number of allylic oxidation sites excluding steroid dienone is 2. The zero-order valence-electron chi connectivity index (χ0n) is 23.0. The van der Waals surface area contributed by atoms with Crippen molar-refractivity contribution in [2.24, 2.45) is 5.73 Å². The maximum Gasteiger partial charge on any atom is 0.251 e. The molecule has 7 nitrogen and oxygen atoms in total. The number of aryl methyl sites for hydroxylation is 1. The van der Waals surface area contributed by atoms with Crippen molar-refractivity contribution in [3.63, 3.8) is 0 Å². The zero-order chi connectivity index (χ0) is 30.1. The van der Waals surface area contributed by atoms with E-state index < -0.39 is 35.3 Å². The van der Waals surface area contributed by atoms with E-state index in [1.165, 1.54) is 36.0 Å². The van der Waals surface area contributed by atoms with E-state index in [9.17, 15) is 22.8 Å². The summed E-state index contributed by atoms with van der Waals surface area (Å²) in [6.45, 7) is 7.61. The highest BCUT2D eigenvalue weighted by Gasteiger charge is 2.31. The van der Waals surface area contributed by atoms with E-state index in [1.807, 2.05) is 13.8 Å². The van der Waals surface area contributed by atoms with Crippen LogP contribution in [-0.4, -0.2) is 26.6 Å². The monoisotopic (exact) mass is 571 g/mol. The van der Waals surface area contributed by atoms with Gasteiger partial charge in [0.2, 0.25) is 5.91 Å². The van der Waals surface area contributed by atoms with Gasteiger partial charge in [0.15, 0.2) is 0 Å². The highest BCUT2D eigenvalue weighted by atomic mass is 19.1. The molecule has 214 valence electrons. The quantitative estimate of drug-likeness (QED) is 0.244. The first-order chi connectivity index (χ1) is 20.0. The van der Waals surface area contributed by atoms with Crippen LogP contribution >= 0.6 is 0 Å². The molecule has 2 aromatic carbocycles. The molecular weight excluding hydrogens is 543 g/mol. The van der Waals surface area contributed by atoms with Gasteiger partial charge in [0, 0.05) is 29.3 Å². The standard InChI is InChI=1S/C32H28F3N5O2/c1-4-23-18(3)39-40(31(23)25-10-17(25)2)16-29(41)38-28(13-19-11-21(33)15-22(34)12-19)30-24(6-5-9-37-30)20-7-8-27(35)26(14-20)32(36)42/h4-12,14-15,25,28H,1,13,16H2,2-3H3,(H2,36,42)(H,38,41). The van der Waals surface area contributed by atoms with Crippen molar-refractivity contribution < 1.29 is 22.8 Å². The number of rotatable bonds is 10. The highest BCUT2D eigenvalue weighted by molar-refractivity contribution is 5.94. The number of pyridine rings is 1. The van der Waals surface area contributed by atoms with Crippen molar-refractivity contribution in [2.45, 2.75) is 38.8 Å². The Morgan fingerprint density at radius 3 is 2.48 bits per heavy atom. The zero-order valence-corrected chi connectivity index (χ0v) is 23.0. The Kier molecular flexibility index (Phi) is 7.80. The largest absolute Gasteiger partial charge is 0.366 e. The molecule has 0 bridgehead atoms. The number of halogens is 3. The SMILES string of the molecule is C=Cc1c(C)nn(CC(=O)NC(Cc2cc(F)cc(F)c2)c2ncccc2-c2ccc(F)c(C(N)=O)c2)c1C1C=C1C. The van der Waals surface area contributed by atoms with Crippen molar-refractivity contribution in [3.05, 3.63) is 124 Å². The molecule has 1 aliphatic rings. The van der Waals surface area contributed by atoms with Crippen LogP contribution < -0.4 is 11.1 Å². The molecular formula is C32H28F3N5O2. The van der Waals surface area contributed by atoms with Gasteiger partial charge in [-0.3, -0.25) is 19.3 Å². The summed E-state index contributed by atoms with van der Waals surface area (Å²) in [6.07, 6.45) is 5.29. The molecule has 5 rings (SSSR count). The number of nitrogens with one attached hydrogen (secondary N) is 1. The Hall–Kier alpha value is -4.99. The third kappa shape index (κ3) is 5.88. The molecule has 2 heterocycles. The molecule has 4 aromatic rings. The van der Waals surface area contributed by atoms with Crippen molar-refractivity contribution in [1.82, 2.24) is 20.1 Å². The second-order valence-corrected chi connectivity index (χ2v) is 10.2. The second kappa shape index (κ2) is 11.5. The number of hydrogen-bond acceptors (Lipinski definition) is 4. The summed E-state index contributed by atoms with van der Waals surface area (Å²) in [5.41, 5.74) is 10.2. The average Bonchev–Trinajstić information content (AvgIpc) is 3.56. The summed E-state index contributed by atoms with van der Waals surface area (Å²) in [4.78, 5) is 29.9. The molecule has 0 spiro atoms. The van der Waals surface area contributed by atoms with Gasteiger partial charge < -0.3 is 11.1 Å². The molecule has 1 aliphatic carbocycles. The number of primary amides is 1. The number of aromatic nitrogens is 3. The molecule has 0 saturated carbocycles. The van der Waals surface area contributed by atoms with E-state index >= 15 is 0 Å². The molecule has 0 fully saturated rings. The molecule has 3 N–H and O–H groups in total. The summed E-state index contributed by atoms with van der Waals surface area (Å²) >= 11 is 0. The smallest absolute Gasteiger partial charge is 0.251 e. The molecule has 10 heteroatoms. The van der Waals surface area contributed by atoms with Crippen molar-refractivity contribution in [3.8, 4) is 11.1 Å². The van der Waals surface area contributed by atoms with E-state index in [-0.39, 0.29) is 30.0 Å². The van der Waals surface area contributed by atoms with Gasteiger partial charge in [0.1, 0.15) is 24.0 Å². The van der Waals surface area contributed by atoms with Crippen LogP contribution in [0, 0.1) is 24.4 Å². The lowest BCUT2D eigenvalue weighted by Gasteiger charge is -2.22. The minimum atomic E-state index is -0.940. The molecule has 2 atom stereocenters. The molecule has 0 saturated heterocycles. The number of nitrogens with zero attached hydrogens (tertiary/aromatic N) is 3. The average molecular weight is 572 g/mol. The van der Waals surface area contributed by atoms with E-state index in [2.05, 4.69) is 28.1 Å². The first kappa shape index (κ1) is 28.5. The maximum atomic E-state index is 14.2. The number of nitrogens with two attached hydrogens (primary N) is 1. The topological polar surface area (TPSA) is 103 Å². The van der Waals surface area contributed by atoms with Crippen LogP contribution in [0.1, 0.15) is 57.5 Å². The Balaban J connectivity index is 1.53. The van der Waals surface area contributed by atoms with Crippen LogP contribution in [-0.2, 0) is 17.8 Å². The fourth-order valence-corrected chi connectivity index (χ4v) is 5.20. The second-order valence-electron chi connectivity index (χ2n) is 10.2. The summed E-state index contributed by atoms with van der Waals surface area (Å²) < 4.78 is 44.1. The molecule has 0 radical (unpaired) electrons. The van der Waals surface area contributed by atoms with Crippen molar-refractivity contribution in [2.75, 3.05) is 0 Å². The van der Waals surface area contributed by atoms with Gasteiger partial charge in [-0.15, -0.1) is 0 Å². The summed E-state index contributed by atoms with van der Waals surface area (Å²) in [5.74, 6) is -3.59. The molecule has 0 aliphatic heterocycles. The summed E-state index contributed by atoms with van der Waals surface area (Å²) in [7, 11) is 0. The molecule has 2 aromatic heterocycles. The summed E-state index contributed by atoms with van der Waals surface area (Å²) in [6, 6.07) is 9.49. The number of hydrogen-bond donors (Lipinski definition) is 2. The van der Waals surface area contributed by atoms with Crippen LogP contribution in [0.15, 0.2) is 73.0 Å². The lowest BCUT2D eigenvalue weighted by atomic mass is 9.94. The normalized spacial score (nSPS) is 14.7. The van der Waals surface area contributed by atoms with Gasteiger partial charge in [-0.25, -0.2) is 13.2 Å². The first-order valence-electron chi connectivity index (χ1n) is 13.2. The Morgan fingerprint density at radius 2 is 1.83 bits per heavy atom. The Morgan fingerprint density at radius 1 is 1.12 bits per heavy atom. The fourth-order valence-electron chi connectivity index (χ4n) is 5.20. The number of benzene rings is 2. The van der Waals surface area contributed by atoms with Crippen LogP contribution in [0.5, 0.6) is 0 Å². The minimum absolute atomic E-state index is 0.0134. The van der Waals surface area contributed by atoms with Gasteiger partial charge in [-0.2, -0.15) is 5.10 Å². The Labute approximate surface area is 240 Å². The molecule has 2 amide bonds. The lowest BCUT2D eigenvalue weighted by Crippen LogP contribution is -2.34. The van der Waals surface area contributed by atoms with Crippen LogP contribution in [0.25, 0.3) is 17.2 Å². The lowest BCUT2D eigenvalue weighted by molar-refractivity contribution is -0.122. The van der Waals surface area contributed by atoms with E-state index in [0.717, 1.165) is 29.1 Å². The Bertz CT molecular complexity index is 1740. The summed E-state index contributed by atoms with van der Waals surface area (Å²) in [5, 5.41) is 7.52. The fraction of sp³-hybridized carbons (Fsp3) is 0.188. The van der Waals surface area contributed by atoms with Crippen molar-refractivity contribution in [1.29, 1.82) is 0 Å². The van der Waals surface area contributed by atoms with E-state index in [1.54, 1.807) is 22.9 Å². The van der Waals surface area contributed by atoms with Crippen molar-refractivity contribution >= 4 is 17.9 Å². The van der Waals surface area contributed by atoms with Crippen LogP contribution in [0.3, 0.4) is 0 Å². The number of amides is 2. The molecule has 42 heavy (non-hydrogen) atoms. The number of carbonyl (C=O) groups excluding carboxylic acids is 2. The predicted molar refractivity (Wildman–Crippen MR) is 153 cm³/mol. The first-order valence-corrected chi connectivity index (χ1v) is 13.2. The third-order valence-corrected chi connectivity index (χ3v) is 7.23. The highest BCUT2D eigenvalue weighted by Crippen LogP contribution is 2.41. The van der Waals surface area contributed by atoms with Gasteiger partial charge in [0.05, 0.1) is 28.7 Å². The van der Waals surface area contributed by atoms with Crippen LogP contribution in [0.4, 0.5) is 13.2 Å². The molecule has 2 unspecified atom stereocenters. The maximum absolute atomic E-state index is 14.2. The van der Waals surface area contributed by atoms with Gasteiger partial charge in [-0.05, 0) is 61.7 Å². The van der Waals surface area contributed by atoms with E-state index in [4.69, 9.17) is 5.73 Å². The van der Waals surface area contributed by atoms with Gasteiger partial charge in [-0.1, -0.05) is 36.4 Å². The minimum Gasteiger partial charge on any atom is -0.366 e. The van der Waals surface area contributed by atoms with Gasteiger partial charge >= 0.3 is 0 Å². The third-order valence-electron chi connectivity index (χ3n) is 7.23.